The van der Waals surface area contributed by atoms with Crippen molar-refractivity contribution in [2.45, 2.75) is 26.4 Å². The number of aromatic nitrogens is 1. The summed E-state index contributed by atoms with van der Waals surface area (Å²) in [7, 11) is 0. The van der Waals surface area contributed by atoms with Crippen molar-refractivity contribution in [2.75, 3.05) is 12.3 Å². The highest BCUT2D eigenvalue weighted by Crippen LogP contribution is 2.26. The number of thiazole rings is 1. The van der Waals surface area contributed by atoms with Crippen LogP contribution in [0.15, 0.2) is 5.16 Å². The molecule has 0 unspecified atom stereocenters. The first-order valence-electron chi connectivity index (χ1n) is 5.52. The molecule has 0 radical (unpaired) electrons. The molecule has 1 aromatic rings. The molecule has 0 saturated carbocycles. The van der Waals surface area contributed by atoms with Crippen molar-refractivity contribution in [2.24, 2.45) is 5.16 Å². The Kier molecular flexibility index (Phi) is 5.46. The number of aldehydes is 1. The van der Waals surface area contributed by atoms with Crippen molar-refractivity contribution in [3.05, 3.63) is 10.0 Å². The summed E-state index contributed by atoms with van der Waals surface area (Å²) in [4.78, 5) is 30.9. The van der Waals surface area contributed by atoms with E-state index in [0.29, 0.717) is 6.29 Å². The molecule has 0 aromatic carbocycles. The van der Waals surface area contributed by atoms with Crippen molar-refractivity contribution in [1.29, 1.82) is 0 Å². The maximum absolute atomic E-state index is 11.4. The van der Waals surface area contributed by atoms with Crippen molar-refractivity contribution >= 4 is 46.0 Å². The first-order chi connectivity index (χ1) is 9.23. The Bertz CT molecular complexity index is 536. The van der Waals surface area contributed by atoms with Crippen LogP contribution in [0.4, 0.5) is 5.13 Å². The molecular formula is C11H14ClN3O4S. The third-order valence-electron chi connectivity index (χ3n) is 1.72. The van der Waals surface area contributed by atoms with E-state index in [4.69, 9.17) is 26.9 Å². The SMILES string of the molecule is CC(C)(C)OC(=O)CON=C(C=O)c1nc(N)sc1Cl. The summed E-state index contributed by atoms with van der Waals surface area (Å²) in [5.41, 5.74) is 4.81. The summed E-state index contributed by atoms with van der Waals surface area (Å²) < 4.78 is 5.22. The molecule has 1 heterocycles. The van der Waals surface area contributed by atoms with Gasteiger partial charge in [0.05, 0.1) is 0 Å². The van der Waals surface area contributed by atoms with Crippen LogP contribution in [0.5, 0.6) is 0 Å². The topological polar surface area (TPSA) is 104 Å². The average molecular weight is 320 g/mol. The van der Waals surface area contributed by atoms with Crippen LogP contribution in [0.25, 0.3) is 0 Å². The minimum absolute atomic E-state index is 0.119. The molecule has 0 atom stereocenters. The predicted octanol–water partition coefficient (Wildman–Crippen LogP) is 1.64. The number of carbonyl (C=O) groups excluding carboxylic acids is 2. The number of ether oxygens (including phenoxy) is 1. The third kappa shape index (κ3) is 5.14. The first-order valence-corrected chi connectivity index (χ1v) is 6.71. The van der Waals surface area contributed by atoms with Crippen LogP contribution in [0, 0.1) is 0 Å². The normalized spacial score (nSPS) is 12.1. The van der Waals surface area contributed by atoms with Gasteiger partial charge in [-0.2, -0.15) is 0 Å². The monoisotopic (exact) mass is 319 g/mol. The number of halogens is 1. The zero-order valence-electron chi connectivity index (χ0n) is 11.2. The minimum atomic E-state index is -0.621. The van der Waals surface area contributed by atoms with Crippen molar-refractivity contribution in [3.8, 4) is 0 Å². The number of nitrogens with zero attached hydrogens (tertiary/aromatic N) is 2. The molecule has 20 heavy (non-hydrogen) atoms. The number of hydrogen-bond acceptors (Lipinski definition) is 8. The van der Waals surface area contributed by atoms with Gasteiger partial charge in [-0.25, -0.2) is 9.78 Å². The Morgan fingerprint density at radius 2 is 2.20 bits per heavy atom. The summed E-state index contributed by atoms with van der Waals surface area (Å²) in [5, 5.41) is 3.71. The summed E-state index contributed by atoms with van der Waals surface area (Å²) in [5.74, 6) is -0.601. The fraction of sp³-hybridized carbons (Fsp3) is 0.455. The lowest BCUT2D eigenvalue weighted by molar-refractivity contribution is -0.160. The van der Waals surface area contributed by atoms with Gasteiger partial charge in [0.25, 0.3) is 0 Å². The van der Waals surface area contributed by atoms with E-state index in [2.05, 4.69) is 10.1 Å². The number of nitrogen functional groups attached to an aromatic ring is 1. The van der Waals surface area contributed by atoms with Crippen LogP contribution in [-0.4, -0.2) is 35.2 Å². The van der Waals surface area contributed by atoms with Crippen molar-refractivity contribution in [1.82, 2.24) is 4.98 Å². The number of rotatable bonds is 5. The van der Waals surface area contributed by atoms with Crippen molar-refractivity contribution < 1.29 is 19.2 Å². The first kappa shape index (κ1) is 16.4. The highest BCUT2D eigenvalue weighted by atomic mass is 35.5. The summed E-state index contributed by atoms with van der Waals surface area (Å²) in [6.07, 6.45) is 0.412. The van der Waals surface area contributed by atoms with Gasteiger partial charge in [-0.1, -0.05) is 28.1 Å². The molecular weight excluding hydrogens is 306 g/mol. The van der Waals surface area contributed by atoms with Crippen LogP contribution < -0.4 is 5.73 Å². The van der Waals surface area contributed by atoms with E-state index in [1.807, 2.05) is 0 Å². The second-order valence-corrected chi connectivity index (χ2v) is 6.26. The van der Waals surface area contributed by atoms with Crippen LogP contribution >= 0.6 is 22.9 Å². The predicted molar refractivity (Wildman–Crippen MR) is 75.9 cm³/mol. The van der Waals surface area contributed by atoms with Gasteiger partial charge in [0, 0.05) is 0 Å². The van der Waals surface area contributed by atoms with Gasteiger partial charge >= 0.3 is 5.97 Å². The molecule has 0 saturated heterocycles. The summed E-state index contributed by atoms with van der Waals surface area (Å²) in [6.45, 7) is 4.75. The quantitative estimate of drug-likeness (QED) is 0.383. The molecule has 0 spiro atoms. The smallest absolute Gasteiger partial charge is 0.347 e. The summed E-state index contributed by atoms with van der Waals surface area (Å²) >= 11 is 6.84. The fourth-order valence-corrected chi connectivity index (χ4v) is 2.06. The van der Waals surface area contributed by atoms with Crippen LogP contribution in [-0.2, 0) is 19.2 Å². The van der Waals surface area contributed by atoms with Crippen molar-refractivity contribution in [3.63, 3.8) is 0 Å². The Balaban J connectivity index is 2.66. The van der Waals surface area contributed by atoms with E-state index >= 15 is 0 Å². The highest BCUT2D eigenvalue weighted by Gasteiger charge is 2.17. The van der Waals surface area contributed by atoms with Gasteiger partial charge in [0.15, 0.2) is 17.1 Å². The third-order valence-corrected chi connectivity index (χ3v) is 2.81. The lowest BCUT2D eigenvalue weighted by Gasteiger charge is -2.18. The maximum atomic E-state index is 11.4. The molecule has 1 aromatic heterocycles. The molecule has 9 heteroatoms. The van der Waals surface area contributed by atoms with E-state index in [-0.39, 0.29) is 20.9 Å². The van der Waals surface area contributed by atoms with Gasteiger partial charge in [0.2, 0.25) is 6.61 Å². The number of nitrogens with two attached hydrogens (primary N) is 1. The number of anilines is 1. The molecule has 7 nitrogen and oxygen atoms in total. The van der Waals surface area contributed by atoms with Gasteiger partial charge in [0.1, 0.15) is 15.6 Å². The molecule has 0 aliphatic heterocycles. The van der Waals surface area contributed by atoms with E-state index in [9.17, 15) is 9.59 Å². The molecule has 0 amide bonds. The molecule has 0 bridgehead atoms. The number of carbonyl (C=O) groups is 2. The van der Waals surface area contributed by atoms with Crippen LogP contribution in [0.1, 0.15) is 26.5 Å². The molecule has 2 N–H and O–H groups in total. The lowest BCUT2D eigenvalue weighted by Crippen LogP contribution is -2.26. The largest absolute Gasteiger partial charge is 0.457 e. The number of hydrogen-bond donors (Lipinski definition) is 1. The highest BCUT2D eigenvalue weighted by molar-refractivity contribution is 7.19. The van der Waals surface area contributed by atoms with Crippen LogP contribution in [0.2, 0.25) is 4.34 Å². The van der Waals surface area contributed by atoms with Gasteiger partial charge < -0.3 is 15.3 Å². The second kappa shape index (κ2) is 6.67. The number of oxime groups is 1. The zero-order chi connectivity index (χ0) is 15.3. The Hall–Kier alpha value is -1.67. The molecule has 0 aliphatic rings. The summed E-state index contributed by atoms with van der Waals surface area (Å²) in [6, 6.07) is 0. The van der Waals surface area contributed by atoms with Gasteiger partial charge in [-0.15, -0.1) is 0 Å². The van der Waals surface area contributed by atoms with Crippen LogP contribution in [0.3, 0.4) is 0 Å². The molecule has 0 fully saturated rings. The lowest BCUT2D eigenvalue weighted by atomic mass is 10.2. The van der Waals surface area contributed by atoms with Gasteiger partial charge in [-0.3, -0.25) is 4.79 Å². The Morgan fingerprint density at radius 1 is 1.55 bits per heavy atom. The second-order valence-electron chi connectivity index (χ2n) is 4.63. The zero-order valence-corrected chi connectivity index (χ0v) is 12.7. The molecule has 0 aliphatic carbocycles. The maximum Gasteiger partial charge on any atom is 0.347 e. The number of esters is 1. The average Bonchev–Trinajstić information content (AvgIpc) is 2.61. The van der Waals surface area contributed by atoms with E-state index in [0.717, 1.165) is 11.3 Å². The Labute approximate surface area is 124 Å². The van der Waals surface area contributed by atoms with E-state index in [1.54, 1.807) is 20.8 Å². The minimum Gasteiger partial charge on any atom is -0.457 e. The van der Waals surface area contributed by atoms with E-state index < -0.39 is 18.2 Å². The molecule has 1 rings (SSSR count). The van der Waals surface area contributed by atoms with Gasteiger partial charge in [-0.05, 0) is 20.8 Å². The molecule has 110 valence electrons. The standard InChI is InChI=1S/C11H14ClN3O4S/c1-11(2,3)19-7(17)5-18-15-6(4-16)8-9(12)20-10(13)14-8/h4H,5H2,1-3H3,(H2,13,14). The fourth-order valence-electron chi connectivity index (χ4n) is 1.12. The van der Waals surface area contributed by atoms with E-state index in [1.165, 1.54) is 0 Å². The Morgan fingerprint density at radius 3 is 2.65 bits per heavy atom.